The van der Waals surface area contributed by atoms with E-state index in [1.165, 1.54) is 51.5 Å². The Bertz CT molecular complexity index is 346. The molecule has 0 radical (unpaired) electrons. The van der Waals surface area contributed by atoms with Crippen LogP contribution in [-0.4, -0.2) is 48.6 Å². The van der Waals surface area contributed by atoms with E-state index in [0.717, 1.165) is 25.4 Å². The first-order valence-corrected chi connectivity index (χ1v) is 9.02. The van der Waals surface area contributed by atoms with Crippen LogP contribution in [0.5, 0.6) is 0 Å². The van der Waals surface area contributed by atoms with Gasteiger partial charge in [0.25, 0.3) is 0 Å². The van der Waals surface area contributed by atoms with Gasteiger partial charge in [0.2, 0.25) is 5.91 Å². The van der Waals surface area contributed by atoms with Crippen molar-refractivity contribution < 1.29 is 4.79 Å². The molecule has 0 aromatic rings. The van der Waals surface area contributed by atoms with Crippen molar-refractivity contribution in [3.63, 3.8) is 0 Å². The van der Waals surface area contributed by atoms with Gasteiger partial charge in [0.15, 0.2) is 0 Å². The lowest BCUT2D eigenvalue weighted by molar-refractivity contribution is -0.123. The molecule has 2 N–H and O–H groups in total. The van der Waals surface area contributed by atoms with Crippen molar-refractivity contribution in [3.05, 3.63) is 0 Å². The molecule has 1 saturated carbocycles. The van der Waals surface area contributed by atoms with Gasteiger partial charge in [0, 0.05) is 25.2 Å². The maximum atomic E-state index is 12.3. The predicted octanol–water partition coefficient (Wildman–Crippen LogP) is 1.90. The van der Waals surface area contributed by atoms with E-state index in [0.29, 0.717) is 12.1 Å². The molecule has 0 aromatic heterocycles. The van der Waals surface area contributed by atoms with Crippen LogP contribution in [0.3, 0.4) is 0 Å². The Kier molecular flexibility index (Phi) is 5.17. The van der Waals surface area contributed by atoms with Gasteiger partial charge in [-0.05, 0) is 51.5 Å². The SMILES string of the molecule is CC1CCCCN1CCNC(=O)C1CC2CCCCC2N1. The second kappa shape index (κ2) is 7.10. The summed E-state index contributed by atoms with van der Waals surface area (Å²) in [6.45, 7) is 5.32. The van der Waals surface area contributed by atoms with E-state index in [1.807, 2.05) is 0 Å². The third-order valence-electron chi connectivity index (χ3n) is 5.82. The standard InChI is InChI=1S/C17H31N3O/c1-13-6-4-5-10-20(13)11-9-18-17(21)16-12-14-7-2-3-8-15(14)19-16/h13-16,19H,2-12H2,1H3,(H,18,21). The van der Waals surface area contributed by atoms with E-state index >= 15 is 0 Å². The summed E-state index contributed by atoms with van der Waals surface area (Å²) >= 11 is 0. The zero-order valence-electron chi connectivity index (χ0n) is 13.4. The summed E-state index contributed by atoms with van der Waals surface area (Å²) in [5.41, 5.74) is 0. The number of amides is 1. The number of piperidine rings is 1. The number of hydrogen-bond donors (Lipinski definition) is 2. The number of nitrogens with zero attached hydrogens (tertiary/aromatic N) is 1. The topological polar surface area (TPSA) is 44.4 Å². The minimum Gasteiger partial charge on any atom is -0.353 e. The first-order valence-electron chi connectivity index (χ1n) is 9.02. The smallest absolute Gasteiger partial charge is 0.237 e. The Morgan fingerprint density at radius 1 is 1.19 bits per heavy atom. The van der Waals surface area contributed by atoms with Crippen LogP contribution in [0.2, 0.25) is 0 Å². The number of fused-ring (bicyclic) bond motifs is 1. The van der Waals surface area contributed by atoms with Crippen LogP contribution in [0.4, 0.5) is 0 Å². The van der Waals surface area contributed by atoms with Crippen LogP contribution in [0.1, 0.15) is 58.3 Å². The van der Waals surface area contributed by atoms with Gasteiger partial charge >= 0.3 is 0 Å². The number of rotatable bonds is 4. The Morgan fingerprint density at radius 3 is 2.81 bits per heavy atom. The maximum Gasteiger partial charge on any atom is 0.237 e. The van der Waals surface area contributed by atoms with Crippen LogP contribution >= 0.6 is 0 Å². The molecule has 3 fully saturated rings. The largest absolute Gasteiger partial charge is 0.353 e. The average Bonchev–Trinajstić information content (AvgIpc) is 2.93. The Morgan fingerprint density at radius 2 is 2.00 bits per heavy atom. The molecule has 3 aliphatic rings. The van der Waals surface area contributed by atoms with Crippen LogP contribution < -0.4 is 10.6 Å². The van der Waals surface area contributed by atoms with E-state index in [2.05, 4.69) is 22.5 Å². The van der Waals surface area contributed by atoms with E-state index in [4.69, 9.17) is 0 Å². The van der Waals surface area contributed by atoms with E-state index in [9.17, 15) is 4.79 Å². The Hall–Kier alpha value is -0.610. The van der Waals surface area contributed by atoms with E-state index in [1.54, 1.807) is 0 Å². The molecule has 4 unspecified atom stereocenters. The fraction of sp³-hybridized carbons (Fsp3) is 0.941. The summed E-state index contributed by atoms with van der Waals surface area (Å²) in [6, 6.07) is 1.36. The molecule has 1 aliphatic carbocycles. The fourth-order valence-electron chi connectivity index (χ4n) is 4.46. The number of carbonyl (C=O) groups is 1. The van der Waals surface area contributed by atoms with Gasteiger partial charge in [-0.3, -0.25) is 9.69 Å². The highest BCUT2D eigenvalue weighted by Gasteiger charge is 2.38. The number of carbonyl (C=O) groups excluding carboxylic acids is 1. The van der Waals surface area contributed by atoms with Gasteiger partial charge in [-0.25, -0.2) is 0 Å². The molecular weight excluding hydrogens is 262 g/mol. The molecule has 1 amide bonds. The van der Waals surface area contributed by atoms with Gasteiger partial charge < -0.3 is 10.6 Å². The zero-order chi connectivity index (χ0) is 14.7. The van der Waals surface area contributed by atoms with Crippen molar-refractivity contribution in [2.45, 2.75) is 76.4 Å². The predicted molar refractivity (Wildman–Crippen MR) is 85.2 cm³/mol. The third kappa shape index (κ3) is 3.78. The summed E-state index contributed by atoms with van der Waals surface area (Å²) in [4.78, 5) is 14.8. The Balaban J connectivity index is 1.38. The lowest BCUT2D eigenvalue weighted by atomic mass is 9.85. The van der Waals surface area contributed by atoms with Gasteiger partial charge in [0.1, 0.15) is 0 Å². The molecular formula is C17H31N3O. The highest BCUT2D eigenvalue weighted by Crippen LogP contribution is 2.33. The van der Waals surface area contributed by atoms with Crippen LogP contribution in [0, 0.1) is 5.92 Å². The van der Waals surface area contributed by atoms with Crippen molar-refractivity contribution in [3.8, 4) is 0 Å². The molecule has 0 bridgehead atoms. The second-order valence-corrected chi connectivity index (χ2v) is 7.28. The Labute approximate surface area is 129 Å². The molecule has 4 nitrogen and oxygen atoms in total. The molecule has 2 heterocycles. The van der Waals surface area contributed by atoms with Gasteiger partial charge in [-0.2, -0.15) is 0 Å². The lowest BCUT2D eigenvalue weighted by Crippen LogP contribution is -2.47. The molecule has 0 aromatic carbocycles. The summed E-state index contributed by atoms with van der Waals surface area (Å²) in [5, 5.41) is 6.72. The zero-order valence-corrected chi connectivity index (χ0v) is 13.4. The lowest BCUT2D eigenvalue weighted by Gasteiger charge is -2.33. The number of likely N-dealkylation sites (tertiary alicyclic amines) is 1. The quantitative estimate of drug-likeness (QED) is 0.832. The molecule has 3 rings (SSSR count). The number of hydrogen-bond acceptors (Lipinski definition) is 3. The second-order valence-electron chi connectivity index (χ2n) is 7.28. The van der Waals surface area contributed by atoms with Crippen LogP contribution in [0.25, 0.3) is 0 Å². The third-order valence-corrected chi connectivity index (χ3v) is 5.82. The normalized spacial score (nSPS) is 37.2. The minimum absolute atomic E-state index is 0.0666. The van der Waals surface area contributed by atoms with E-state index < -0.39 is 0 Å². The molecule has 2 saturated heterocycles. The van der Waals surface area contributed by atoms with Gasteiger partial charge in [-0.15, -0.1) is 0 Å². The first kappa shape index (κ1) is 15.3. The van der Waals surface area contributed by atoms with Crippen molar-refractivity contribution in [1.82, 2.24) is 15.5 Å². The fourth-order valence-corrected chi connectivity index (χ4v) is 4.46. The molecule has 0 spiro atoms. The van der Waals surface area contributed by atoms with Crippen molar-refractivity contribution in [1.29, 1.82) is 0 Å². The van der Waals surface area contributed by atoms with Crippen molar-refractivity contribution in [2.75, 3.05) is 19.6 Å². The summed E-state index contributed by atoms with van der Waals surface area (Å²) in [6.07, 6.45) is 10.3. The van der Waals surface area contributed by atoms with Gasteiger partial charge in [0.05, 0.1) is 6.04 Å². The first-order chi connectivity index (χ1) is 10.2. The average molecular weight is 293 g/mol. The molecule has 120 valence electrons. The van der Waals surface area contributed by atoms with Crippen LogP contribution in [0.15, 0.2) is 0 Å². The molecule has 4 atom stereocenters. The van der Waals surface area contributed by atoms with Crippen molar-refractivity contribution in [2.24, 2.45) is 5.92 Å². The monoisotopic (exact) mass is 293 g/mol. The van der Waals surface area contributed by atoms with E-state index in [-0.39, 0.29) is 11.9 Å². The van der Waals surface area contributed by atoms with Crippen LogP contribution in [-0.2, 0) is 4.79 Å². The molecule has 2 aliphatic heterocycles. The highest BCUT2D eigenvalue weighted by atomic mass is 16.2. The minimum atomic E-state index is 0.0666. The summed E-state index contributed by atoms with van der Waals surface area (Å²) in [7, 11) is 0. The summed E-state index contributed by atoms with van der Waals surface area (Å²) < 4.78 is 0. The van der Waals surface area contributed by atoms with Gasteiger partial charge in [-0.1, -0.05) is 19.3 Å². The molecule has 4 heteroatoms. The molecule has 21 heavy (non-hydrogen) atoms. The maximum absolute atomic E-state index is 12.3. The highest BCUT2D eigenvalue weighted by molar-refractivity contribution is 5.82. The van der Waals surface area contributed by atoms with Crippen molar-refractivity contribution >= 4 is 5.91 Å². The number of nitrogens with one attached hydrogen (secondary N) is 2. The summed E-state index contributed by atoms with van der Waals surface area (Å²) in [5.74, 6) is 0.977.